The monoisotopic (exact) mass is 216 g/mol. The van der Waals surface area contributed by atoms with Crippen LogP contribution in [-0.2, 0) is 9.59 Å². The molecule has 6 heteroatoms. The highest BCUT2D eigenvalue weighted by atomic mass is 16.4. The van der Waals surface area contributed by atoms with Crippen molar-refractivity contribution in [2.45, 2.75) is 31.9 Å². The molecule has 2 atom stereocenters. The number of nitrogens with two attached hydrogens (primary N) is 1. The van der Waals surface area contributed by atoms with Crippen LogP contribution >= 0.6 is 0 Å². The third-order valence-electron chi connectivity index (χ3n) is 2.76. The van der Waals surface area contributed by atoms with Gasteiger partial charge in [-0.25, -0.2) is 4.79 Å². The molecule has 0 saturated heterocycles. The average molecular weight is 216 g/mol. The van der Waals surface area contributed by atoms with Crippen LogP contribution in [0.25, 0.3) is 0 Å². The Morgan fingerprint density at radius 1 is 1.53 bits per heavy atom. The standard InChI is InChI=1S/C9H16N2O4/c1-5(12)6(7(13)14)11-8(15)9(4-10)2-3-9/h5-6,12H,2-4,10H2,1H3,(H,11,15)(H,13,14)/t5-,6+/m1/s1. The Kier molecular flexibility index (Phi) is 3.31. The summed E-state index contributed by atoms with van der Waals surface area (Å²) in [4.78, 5) is 22.3. The molecule has 0 radical (unpaired) electrons. The Bertz CT molecular complexity index is 273. The van der Waals surface area contributed by atoms with Crippen molar-refractivity contribution in [3.63, 3.8) is 0 Å². The van der Waals surface area contributed by atoms with Gasteiger partial charge in [-0.15, -0.1) is 0 Å². The van der Waals surface area contributed by atoms with Crippen LogP contribution < -0.4 is 11.1 Å². The Labute approximate surface area is 87.5 Å². The van der Waals surface area contributed by atoms with E-state index in [0.717, 1.165) is 0 Å². The van der Waals surface area contributed by atoms with Gasteiger partial charge in [-0.1, -0.05) is 0 Å². The first kappa shape index (κ1) is 11.9. The number of aliphatic carboxylic acids is 1. The molecule has 0 aliphatic heterocycles. The summed E-state index contributed by atoms with van der Waals surface area (Å²) in [6, 6.07) is -1.26. The zero-order valence-corrected chi connectivity index (χ0v) is 8.56. The minimum absolute atomic E-state index is 0.213. The minimum atomic E-state index is -1.26. The van der Waals surface area contributed by atoms with Gasteiger partial charge in [-0.05, 0) is 19.8 Å². The summed E-state index contributed by atoms with van der Waals surface area (Å²) in [7, 11) is 0. The van der Waals surface area contributed by atoms with Crippen molar-refractivity contribution in [3.8, 4) is 0 Å². The van der Waals surface area contributed by atoms with E-state index in [0.29, 0.717) is 12.8 Å². The van der Waals surface area contributed by atoms with E-state index in [4.69, 9.17) is 15.9 Å². The van der Waals surface area contributed by atoms with Crippen molar-refractivity contribution < 1.29 is 19.8 Å². The quantitative estimate of drug-likeness (QED) is 0.455. The second-order valence-corrected chi connectivity index (χ2v) is 4.01. The second kappa shape index (κ2) is 4.16. The third kappa shape index (κ3) is 2.45. The fourth-order valence-corrected chi connectivity index (χ4v) is 1.36. The van der Waals surface area contributed by atoms with E-state index >= 15 is 0 Å². The number of carbonyl (C=O) groups excluding carboxylic acids is 1. The predicted octanol–water partition coefficient (Wildman–Crippen LogP) is -1.32. The lowest BCUT2D eigenvalue weighted by atomic mass is 10.1. The van der Waals surface area contributed by atoms with Gasteiger partial charge in [0.05, 0.1) is 11.5 Å². The molecule has 1 aliphatic carbocycles. The Morgan fingerprint density at radius 3 is 2.33 bits per heavy atom. The van der Waals surface area contributed by atoms with E-state index in [1.165, 1.54) is 6.92 Å². The molecule has 0 aromatic carbocycles. The van der Waals surface area contributed by atoms with Crippen molar-refractivity contribution in [2.24, 2.45) is 11.1 Å². The zero-order valence-electron chi connectivity index (χ0n) is 8.56. The molecule has 1 rings (SSSR count). The van der Waals surface area contributed by atoms with Crippen LogP contribution in [0.5, 0.6) is 0 Å². The number of amides is 1. The number of nitrogens with one attached hydrogen (secondary N) is 1. The van der Waals surface area contributed by atoms with Crippen molar-refractivity contribution in [3.05, 3.63) is 0 Å². The fraction of sp³-hybridized carbons (Fsp3) is 0.778. The highest BCUT2D eigenvalue weighted by Gasteiger charge is 2.49. The molecule has 0 aromatic heterocycles. The van der Waals surface area contributed by atoms with Gasteiger partial charge in [0.1, 0.15) is 0 Å². The lowest BCUT2D eigenvalue weighted by Gasteiger charge is -2.20. The van der Waals surface area contributed by atoms with Crippen LogP contribution in [0.15, 0.2) is 0 Å². The highest BCUT2D eigenvalue weighted by molar-refractivity contribution is 5.89. The first-order valence-corrected chi connectivity index (χ1v) is 4.85. The summed E-state index contributed by atoms with van der Waals surface area (Å²) in [5.74, 6) is -1.62. The van der Waals surface area contributed by atoms with E-state index < -0.39 is 23.5 Å². The number of carboxylic acid groups (broad SMARTS) is 1. The molecule has 86 valence electrons. The number of rotatable bonds is 5. The fourth-order valence-electron chi connectivity index (χ4n) is 1.36. The summed E-state index contributed by atoms with van der Waals surface area (Å²) in [5, 5.41) is 20.2. The molecular weight excluding hydrogens is 200 g/mol. The first-order chi connectivity index (χ1) is 6.93. The molecule has 1 fully saturated rings. The maximum absolute atomic E-state index is 11.6. The lowest BCUT2D eigenvalue weighted by Crippen LogP contribution is -2.51. The van der Waals surface area contributed by atoms with Gasteiger partial charge in [0.15, 0.2) is 6.04 Å². The van der Waals surface area contributed by atoms with Crippen LogP contribution in [0.4, 0.5) is 0 Å². The predicted molar refractivity (Wildman–Crippen MR) is 52.0 cm³/mol. The van der Waals surface area contributed by atoms with E-state index in [1.54, 1.807) is 0 Å². The molecule has 1 amide bonds. The van der Waals surface area contributed by atoms with E-state index in [2.05, 4.69) is 5.32 Å². The number of aliphatic hydroxyl groups is 1. The summed E-state index contributed by atoms with van der Waals surface area (Å²) in [6.07, 6.45) is 0.239. The van der Waals surface area contributed by atoms with Gasteiger partial charge >= 0.3 is 5.97 Å². The second-order valence-electron chi connectivity index (χ2n) is 4.01. The number of hydrogen-bond acceptors (Lipinski definition) is 4. The van der Waals surface area contributed by atoms with Crippen LogP contribution in [0.1, 0.15) is 19.8 Å². The summed E-state index contributed by atoms with van der Waals surface area (Å²) < 4.78 is 0. The van der Waals surface area contributed by atoms with E-state index in [-0.39, 0.29) is 12.5 Å². The number of carboxylic acids is 1. The normalized spacial score (nSPS) is 21.5. The summed E-state index contributed by atoms with van der Waals surface area (Å²) in [5.41, 5.74) is 4.83. The van der Waals surface area contributed by atoms with Gasteiger partial charge in [0.2, 0.25) is 5.91 Å². The molecule has 6 nitrogen and oxygen atoms in total. The highest BCUT2D eigenvalue weighted by Crippen LogP contribution is 2.44. The van der Waals surface area contributed by atoms with E-state index in [1.807, 2.05) is 0 Å². The van der Waals surface area contributed by atoms with Crippen LogP contribution in [0.3, 0.4) is 0 Å². The van der Waals surface area contributed by atoms with Gasteiger partial charge < -0.3 is 21.3 Å². The molecule has 0 bridgehead atoms. The number of carbonyl (C=O) groups is 2. The Hall–Kier alpha value is -1.14. The molecular formula is C9H16N2O4. The largest absolute Gasteiger partial charge is 0.480 e. The van der Waals surface area contributed by atoms with E-state index in [9.17, 15) is 9.59 Å². The van der Waals surface area contributed by atoms with Gasteiger partial charge in [0, 0.05) is 6.54 Å². The third-order valence-corrected chi connectivity index (χ3v) is 2.76. The maximum atomic E-state index is 11.6. The first-order valence-electron chi connectivity index (χ1n) is 4.85. The summed E-state index contributed by atoms with van der Waals surface area (Å²) in [6.45, 7) is 1.53. The van der Waals surface area contributed by atoms with Gasteiger partial charge in [-0.2, -0.15) is 0 Å². The SMILES string of the molecule is C[C@@H](O)[C@H](NC(=O)C1(CN)CC1)C(=O)O. The van der Waals surface area contributed by atoms with Crippen molar-refractivity contribution in [1.82, 2.24) is 5.32 Å². The Morgan fingerprint density at radius 2 is 2.07 bits per heavy atom. The van der Waals surface area contributed by atoms with Crippen molar-refractivity contribution >= 4 is 11.9 Å². The smallest absolute Gasteiger partial charge is 0.328 e. The van der Waals surface area contributed by atoms with Crippen LogP contribution in [0, 0.1) is 5.41 Å². The molecule has 1 aliphatic rings. The lowest BCUT2D eigenvalue weighted by molar-refractivity contribution is -0.145. The van der Waals surface area contributed by atoms with Gasteiger partial charge in [-0.3, -0.25) is 4.79 Å². The zero-order chi connectivity index (χ0) is 11.6. The van der Waals surface area contributed by atoms with Crippen LogP contribution in [0.2, 0.25) is 0 Å². The molecule has 0 unspecified atom stereocenters. The number of hydrogen-bond donors (Lipinski definition) is 4. The number of aliphatic hydroxyl groups excluding tert-OH is 1. The minimum Gasteiger partial charge on any atom is -0.480 e. The molecule has 5 N–H and O–H groups in total. The van der Waals surface area contributed by atoms with Crippen molar-refractivity contribution in [1.29, 1.82) is 0 Å². The molecule has 0 aromatic rings. The summed E-state index contributed by atoms with van der Waals surface area (Å²) >= 11 is 0. The van der Waals surface area contributed by atoms with Crippen molar-refractivity contribution in [2.75, 3.05) is 6.54 Å². The van der Waals surface area contributed by atoms with Gasteiger partial charge in [0.25, 0.3) is 0 Å². The molecule has 0 heterocycles. The molecule has 15 heavy (non-hydrogen) atoms. The molecule has 1 saturated carbocycles. The maximum Gasteiger partial charge on any atom is 0.328 e. The molecule has 0 spiro atoms. The average Bonchev–Trinajstić information content (AvgIpc) is 2.93. The topological polar surface area (TPSA) is 113 Å². The van der Waals surface area contributed by atoms with Crippen LogP contribution in [-0.4, -0.2) is 40.8 Å². The Balaban J connectivity index is 2.59.